The van der Waals surface area contributed by atoms with Crippen molar-refractivity contribution in [2.24, 2.45) is 28.9 Å². The van der Waals surface area contributed by atoms with Crippen molar-refractivity contribution in [3.63, 3.8) is 0 Å². The molecule has 178 valence electrons. The van der Waals surface area contributed by atoms with Crippen molar-refractivity contribution in [3.8, 4) is 0 Å². The fraction of sp³-hybridized carbons (Fsp3) is 0.815. The summed E-state index contributed by atoms with van der Waals surface area (Å²) < 4.78 is 7.07. The highest BCUT2D eigenvalue weighted by Crippen LogP contribution is 2.63. The van der Waals surface area contributed by atoms with Gasteiger partial charge in [-0.1, -0.05) is 18.9 Å². The molecule has 5 unspecified atom stereocenters. The fourth-order valence-corrected chi connectivity index (χ4v) is 8.84. The van der Waals surface area contributed by atoms with Crippen LogP contribution in [0.2, 0.25) is 0 Å². The van der Waals surface area contributed by atoms with Crippen LogP contribution in [0.4, 0.5) is 5.82 Å². The summed E-state index contributed by atoms with van der Waals surface area (Å²) in [6.45, 7) is 4.66. The van der Waals surface area contributed by atoms with Crippen LogP contribution in [0.1, 0.15) is 90.0 Å². The van der Waals surface area contributed by atoms with Crippen LogP contribution in [0.5, 0.6) is 0 Å². The lowest BCUT2D eigenvalue weighted by Gasteiger charge is -2.66. The van der Waals surface area contributed by atoms with Crippen molar-refractivity contribution in [2.45, 2.75) is 108 Å². The predicted octanol–water partition coefficient (Wildman–Crippen LogP) is 4.61. The molecule has 6 rings (SSSR count). The number of fused-ring (bicyclic) bond motifs is 3. The number of rotatable bonds is 5. The van der Waals surface area contributed by atoms with Gasteiger partial charge in [0.15, 0.2) is 0 Å². The third-order valence-corrected chi connectivity index (χ3v) is 9.86. The van der Waals surface area contributed by atoms with Crippen LogP contribution < -0.4 is 11.5 Å². The summed E-state index contributed by atoms with van der Waals surface area (Å²) in [5.41, 5.74) is 14.0. The van der Waals surface area contributed by atoms with E-state index in [0.717, 1.165) is 25.7 Å². The zero-order chi connectivity index (χ0) is 22.6. The molecule has 0 aromatic carbocycles. The summed E-state index contributed by atoms with van der Waals surface area (Å²) in [6, 6.07) is 4.09. The van der Waals surface area contributed by atoms with Gasteiger partial charge in [-0.25, -0.2) is 4.98 Å². The third kappa shape index (κ3) is 3.88. The SMILES string of the molecule is CC1(C)OC2(C3CC(Cc4ccc(N)nc4)CC4(CCCC4)C3)CCC1C(N)(CCO)C2. The quantitative estimate of drug-likeness (QED) is 0.620. The molecule has 5 heteroatoms. The Morgan fingerprint density at radius 1 is 1.16 bits per heavy atom. The molecule has 3 aliphatic carbocycles. The maximum atomic E-state index is 9.83. The van der Waals surface area contributed by atoms with E-state index in [1.165, 1.54) is 50.5 Å². The van der Waals surface area contributed by atoms with E-state index in [1.807, 2.05) is 12.3 Å². The van der Waals surface area contributed by atoms with Gasteiger partial charge in [0.05, 0.1) is 11.2 Å². The number of pyridine rings is 1. The van der Waals surface area contributed by atoms with Crippen molar-refractivity contribution < 1.29 is 9.84 Å². The minimum Gasteiger partial charge on any atom is -0.396 e. The van der Waals surface area contributed by atoms with E-state index in [1.54, 1.807) is 0 Å². The molecule has 2 saturated heterocycles. The van der Waals surface area contributed by atoms with Crippen LogP contribution in [0.25, 0.3) is 0 Å². The van der Waals surface area contributed by atoms with Gasteiger partial charge in [0.25, 0.3) is 0 Å². The molecule has 2 aliphatic heterocycles. The van der Waals surface area contributed by atoms with Crippen molar-refractivity contribution in [2.75, 3.05) is 12.3 Å². The standard InChI is InChI=1S/C27H43N3O2/c1-24(2)22-7-10-27(32-24,18-26(22,29)11-12-31)21-14-20(13-19-5-6-23(28)30-17-19)15-25(16-21)8-3-4-9-25/h5-6,17,20-22,31H,3-4,7-16,18,29H2,1-2H3,(H2,28,30). The Balaban J connectivity index is 1.44. The second-order valence-corrected chi connectivity index (χ2v) is 12.5. The smallest absolute Gasteiger partial charge is 0.123 e. The highest BCUT2D eigenvalue weighted by atomic mass is 16.5. The number of aliphatic hydroxyl groups is 1. The zero-order valence-electron chi connectivity index (χ0n) is 20.1. The van der Waals surface area contributed by atoms with Crippen LogP contribution in [-0.2, 0) is 11.2 Å². The zero-order valence-corrected chi connectivity index (χ0v) is 20.1. The lowest BCUT2D eigenvalue weighted by molar-refractivity contribution is -0.291. The van der Waals surface area contributed by atoms with Crippen LogP contribution in [0, 0.1) is 23.2 Å². The normalized spacial score (nSPS) is 40.1. The first-order valence-electron chi connectivity index (χ1n) is 13.0. The topological polar surface area (TPSA) is 94.4 Å². The molecule has 5 nitrogen and oxygen atoms in total. The largest absolute Gasteiger partial charge is 0.396 e. The summed E-state index contributed by atoms with van der Waals surface area (Å²) in [6.07, 6.45) is 16.2. The molecule has 0 radical (unpaired) electrons. The van der Waals surface area contributed by atoms with Gasteiger partial charge in [0.1, 0.15) is 5.82 Å². The van der Waals surface area contributed by atoms with Crippen molar-refractivity contribution in [1.82, 2.24) is 4.98 Å². The van der Waals surface area contributed by atoms with E-state index >= 15 is 0 Å². The Hall–Kier alpha value is -1.17. The first-order chi connectivity index (χ1) is 15.2. The summed E-state index contributed by atoms with van der Waals surface area (Å²) in [5.74, 6) is 2.12. The summed E-state index contributed by atoms with van der Waals surface area (Å²) in [4.78, 5) is 4.35. The lowest BCUT2D eigenvalue weighted by Crippen LogP contribution is -2.72. The molecule has 32 heavy (non-hydrogen) atoms. The fourth-order valence-electron chi connectivity index (χ4n) is 8.84. The van der Waals surface area contributed by atoms with Crippen molar-refractivity contribution in [1.29, 1.82) is 0 Å². The molecule has 5 fully saturated rings. The minimum absolute atomic E-state index is 0.143. The molecule has 5 N–H and O–H groups in total. The maximum Gasteiger partial charge on any atom is 0.123 e. The Kier molecular flexibility index (Phi) is 5.62. The number of aromatic nitrogens is 1. The molecule has 5 aliphatic rings. The van der Waals surface area contributed by atoms with Gasteiger partial charge in [-0.15, -0.1) is 0 Å². The second-order valence-electron chi connectivity index (χ2n) is 12.5. The average Bonchev–Trinajstić information content (AvgIpc) is 3.15. The van der Waals surface area contributed by atoms with E-state index in [0.29, 0.717) is 35.4 Å². The van der Waals surface area contributed by atoms with E-state index in [-0.39, 0.29) is 23.3 Å². The number of nitrogens with two attached hydrogens (primary N) is 2. The highest BCUT2D eigenvalue weighted by Gasteiger charge is 2.64. The lowest BCUT2D eigenvalue weighted by atomic mass is 9.51. The highest BCUT2D eigenvalue weighted by molar-refractivity contribution is 5.29. The van der Waals surface area contributed by atoms with Gasteiger partial charge in [0.2, 0.25) is 0 Å². The van der Waals surface area contributed by atoms with Gasteiger partial charge in [0, 0.05) is 24.3 Å². The number of nitrogen functional groups attached to an aromatic ring is 1. The number of hydrogen-bond acceptors (Lipinski definition) is 5. The van der Waals surface area contributed by atoms with Gasteiger partial charge >= 0.3 is 0 Å². The Morgan fingerprint density at radius 3 is 2.59 bits per heavy atom. The Morgan fingerprint density at radius 2 is 1.94 bits per heavy atom. The van der Waals surface area contributed by atoms with Crippen LogP contribution in [0.15, 0.2) is 18.3 Å². The molecule has 0 amide bonds. The first kappa shape index (κ1) is 22.6. The molecule has 3 heterocycles. The monoisotopic (exact) mass is 441 g/mol. The van der Waals surface area contributed by atoms with E-state index in [4.69, 9.17) is 16.2 Å². The van der Waals surface area contributed by atoms with Crippen LogP contribution >= 0.6 is 0 Å². The molecule has 1 aromatic rings. The van der Waals surface area contributed by atoms with Crippen molar-refractivity contribution >= 4 is 5.82 Å². The number of ether oxygens (including phenoxy) is 1. The third-order valence-electron chi connectivity index (χ3n) is 9.86. The number of anilines is 1. The minimum atomic E-state index is -0.314. The Labute approximate surface area is 193 Å². The number of aliphatic hydroxyl groups excluding tert-OH is 1. The number of hydrogen-bond donors (Lipinski definition) is 3. The van der Waals surface area contributed by atoms with Gasteiger partial charge in [-0.05, 0) is 107 Å². The summed E-state index contributed by atoms with van der Waals surface area (Å²) in [7, 11) is 0. The maximum absolute atomic E-state index is 9.83. The van der Waals surface area contributed by atoms with Gasteiger partial charge in [-0.2, -0.15) is 0 Å². The second kappa shape index (κ2) is 7.95. The molecule has 3 saturated carbocycles. The van der Waals surface area contributed by atoms with E-state index < -0.39 is 0 Å². The molecule has 5 atom stereocenters. The Bertz CT molecular complexity index is 819. The average molecular weight is 442 g/mol. The van der Waals surface area contributed by atoms with Crippen molar-refractivity contribution in [3.05, 3.63) is 23.9 Å². The number of nitrogens with zero attached hydrogens (tertiary/aromatic N) is 1. The predicted molar refractivity (Wildman–Crippen MR) is 128 cm³/mol. The van der Waals surface area contributed by atoms with Crippen LogP contribution in [0.3, 0.4) is 0 Å². The first-order valence-corrected chi connectivity index (χ1v) is 13.0. The summed E-state index contributed by atoms with van der Waals surface area (Å²) >= 11 is 0. The molecular weight excluding hydrogens is 398 g/mol. The van der Waals surface area contributed by atoms with E-state index in [9.17, 15) is 5.11 Å². The molecule has 2 bridgehead atoms. The molecular formula is C27H43N3O2. The van der Waals surface area contributed by atoms with Gasteiger partial charge in [-0.3, -0.25) is 0 Å². The molecule has 1 aromatic heterocycles. The van der Waals surface area contributed by atoms with Gasteiger partial charge < -0.3 is 21.3 Å². The summed E-state index contributed by atoms with van der Waals surface area (Å²) in [5, 5.41) is 9.83. The molecule has 1 spiro atoms. The van der Waals surface area contributed by atoms with E-state index in [2.05, 4.69) is 24.9 Å². The van der Waals surface area contributed by atoms with Crippen LogP contribution in [-0.4, -0.2) is 33.4 Å².